The second-order valence-electron chi connectivity index (χ2n) is 9.53. The fraction of sp³-hybridized carbons (Fsp3) is 0.682. The Morgan fingerprint density at radius 2 is 2.00 bits per heavy atom. The first kappa shape index (κ1) is 20.9. The fourth-order valence-electron chi connectivity index (χ4n) is 6.62. The Morgan fingerprint density at radius 3 is 2.60 bits per heavy atom. The lowest BCUT2D eigenvalue weighted by Crippen LogP contribution is -2.66. The van der Waals surface area contributed by atoms with Gasteiger partial charge in [-0.05, 0) is 36.2 Å². The van der Waals surface area contributed by atoms with Gasteiger partial charge in [-0.15, -0.1) is 0 Å². The van der Waals surface area contributed by atoms with E-state index >= 15 is 0 Å². The quantitative estimate of drug-likeness (QED) is 0.716. The smallest absolute Gasteiger partial charge is 0.310 e. The number of esters is 2. The molecule has 2 heterocycles. The molecule has 0 radical (unpaired) electrons. The summed E-state index contributed by atoms with van der Waals surface area (Å²) in [6.45, 7) is 5.07. The third kappa shape index (κ3) is 3.04. The van der Waals surface area contributed by atoms with Gasteiger partial charge in [0.15, 0.2) is 0 Å². The number of aliphatic carboxylic acids is 1. The van der Waals surface area contributed by atoms with Gasteiger partial charge >= 0.3 is 17.9 Å². The van der Waals surface area contributed by atoms with Crippen LogP contribution in [0.25, 0.3) is 0 Å². The number of carboxylic acids is 1. The number of carbonyl (C=O) groups excluding carboxylic acids is 2. The lowest BCUT2D eigenvalue weighted by molar-refractivity contribution is -0.240. The molecule has 164 valence electrons. The Bertz CT molecular complexity index is 847. The Kier molecular flexibility index (Phi) is 4.96. The second-order valence-corrected chi connectivity index (χ2v) is 9.53. The molecule has 8 nitrogen and oxygen atoms in total. The van der Waals surface area contributed by atoms with E-state index in [1.807, 2.05) is 13.8 Å². The molecular weight excluding hydrogens is 392 g/mol. The molecular formula is C22H28O8. The zero-order valence-electron chi connectivity index (χ0n) is 17.4. The minimum absolute atomic E-state index is 0.0550. The summed E-state index contributed by atoms with van der Waals surface area (Å²) in [4.78, 5) is 36.8. The molecule has 0 bridgehead atoms. The van der Waals surface area contributed by atoms with Gasteiger partial charge in [-0.1, -0.05) is 13.8 Å². The highest BCUT2D eigenvalue weighted by atomic mass is 16.6. The summed E-state index contributed by atoms with van der Waals surface area (Å²) >= 11 is 0. The molecule has 1 aliphatic heterocycles. The second kappa shape index (κ2) is 7.11. The van der Waals surface area contributed by atoms with Crippen molar-refractivity contribution in [2.24, 2.45) is 28.6 Å². The molecule has 1 unspecified atom stereocenters. The lowest BCUT2D eigenvalue weighted by Gasteiger charge is -2.63. The van der Waals surface area contributed by atoms with Crippen molar-refractivity contribution in [2.45, 2.75) is 64.8 Å². The van der Waals surface area contributed by atoms with Crippen molar-refractivity contribution in [3.63, 3.8) is 0 Å². The number of furan rings is 1. The molecule has 3 aliphatic rings. The van der Waals surface area contributed by atoms with Crippen LogP contribution in [0.1, 0.15) is 58.1 Å². The van der Waals surface area contributed by atoms with Crippen molar-refractivity contribution < 1.29 is 38.5 Å². The molecule has 8 atom stereocenters. The molecule has 0 spiro atoms. The molecule has 2 aliphatic carbocycles. The van der Waals surface area contributed by atoms with Gasteiger partial charge in [0.2, 0.25) is 0 Å². The Labute approximate surface area is 174 Å². The average molecular weight is 420 g/mol. The zero-order chi connectivity index (χ0) is 21.8. The summed E-state index contributed by atoms with van der Waals surface area (Å²) in [6.07, 6.45) is 1.96. The normalized spacial score (nSPS) is 43.1. The zero-order valence-corrected chi connectivity index (χ0v) is 17.4. The predicted octanol–water partition coefficient (Wildman–Crippen LogP) is 2.70. The van der Waals surface area contributed by atoms with E-state index in [4.69, 9.17) is 13.9 Å². The number of cyclic esters (lactones) is 1. The molecule has 2 N–H and O–H groups in total. The highest BCUT2D eigenvalue weighted by Crippen LogP contribution is 2.66. The first-order valence-corrected chi connectivity index (χ1v) is 10.4. The standard InChI is InChI=1S/C22H28O8/c1-11(23)29-15-8-14(19(25)26)21(2)6-4-13-20(27)30-16(12-5-7-28-10-12)9-22(13,3)18(21)17(15)24/h5,7,10,13-18,24H,4,6,8-9H2,1-3H3,(H,25,26)/t13-,14-,15-,16+,17?,18-,21-,22-/m0/s1. The predicted molar refractivity (Wildman–Crippen MR) is 102 cm³/mol. The fourth-order valence-corrected chi connectivity index (χ4v) is 6.62. The summed E-state index contributed by atoms with van der Waals surface area (Å²) in [5, 5.41) is 21.3. The minimum Gasteiger partial charge on any atom is -0.481 e. The molecule has 0 amide bonds. The maximum absolute atomic E-state index is 13.0. The highest BCUT2D eigenvalue weighted by Gasteiger charge is 2.67. The average Bonchev–Trinajstić information content (AvgIpc) is 3.17. The van der Waals surface area contributed by atoms with E-state index < -0.39 is 58.8 Å². The number of hydrogen-bond donors (Lipinski definition) is 2. The van der Waals surface area contributed by atoms with Crippen molar-refractivity contribution in [1.82, 2.24) is 0 Å². The number of aliphatic hydroxyl groups excluding tert-OH is 1. The SMILES string of the molecule is CC(=O)O[C@H]1C[C@@H](C(=O)O)[C@]2(C)CC[C@H]3C(=O)O[C@@H](c4ccoc4)C[C@]3(C)[C@H]2C1O. The molecule has 0 aromatic carbocycles. The third-order valence-corrected chi connectivity index (χ3v) is 7.87. The summed E-state index contributed by atoms with van der Waals surface area (Å²) in [6, 6.07) is 1.74. The van der Waals surface area contributed by atoms with Crippen LogP contribution in [0.2, 0.25) is 0 Å². The van der Waals surface area contributed by atoms with Crippen LogP contribution in [0.5, 0.6) is 0 Å². The molecule has 1 aromatic heterocycles. The monoisotopic (exact) mass is 420 g/mol. The highest BCUT2D eigenvalue weighted by molar-refractivity contribution is 5.76. The van der Waals surface area contributed by atoms with Gasteiger partial charge in [0.1, 0.15) is 12.2 Å². The minimum atomic E-state index is -1.07. The molecule has 3 fully saturated rings. The van der Waals surface area contributed by atoms with Gasteiger partial charge < -0.3 is 24.1 Å². The number of aliphatic hydroxyl groups is 1. The number of hydrogen-bond acceptors (Lipinski definition) is 7. The van der Waals surface area contributed by atoms with E-state index in [0.717, 1.165) is 5.56 Å². The number of ether oxygens (including phenoxy) is 2. The van der Waals surface area contributed by atoms with Crippen molar-refractivity contribution in [2.75, 3.05) is 0 Å². The van der Waals surface area contributed by atoms with Gasteiger partial charge in [-0.3, -0.25) is 14.4 Å². The molecule has 1 saturated heterocycles. The number of carbonyl (C=O) groups is 3. The molecule has 2 saturated carbocycles. The first-order chi connectivity index (χ1) is 14.1. The maximum atomic E-state index is 13.0. The van der Waals surface area contributed by atoms with Gasteiger partial charge in [0.25, 0.3) is 0 Å². The molecule has 1 aromatic rings. The van der Waals surface area contributed by atoms with Crippen molar-refractivity contribution in [1.29, 1.82) is 0 Å². The number of rotatable bonds is 3. The van der Waals surface area contributed by atoms with Crippen LogP contribution < -0.4 is 0 Å². The summed E-state index contributed by atoms with van der Waals surface area (Å²) < 4.78 is 16.2. The van der Waals surface area contributed by atoms with Crippen LogP contribution in [0.15, 0.2) is 23.0 Å². The van der Waals surface area contributed by atoms with Crippen LogP contribution in [0.4, 0.5) is 0 Å². The lowest BCUT2D eigenvalue weighted by atomic mass is 9.42. The van der Waals surface area contributed by atoms with E-state index in [1.54, 1.807) is 6.07 Å². The van der Waals surface area contributed by atoms with Crippen molar-refractivity contribution >= 4 is 17.9 Å². The van der Waals surface area contributed by atoms with Crippen molar-refractivity contribution in [3.05, 3.63) is 24.2 Å². The summed E-state index contributed by atoms with van der Waals surface area (Å²) in [5.41, 5.74) is -0.742. The Morgan fingerprint density at radius 1 is 1.27 bits per heavy atom. The number of fused-ring (bicyclic) bond motifs is 3. The van der Waals surface area contributed by atoms with Crippen LogP contribution in [-0.4, -0.2) is 40.3 Å². The van der Waals surface area contributed by atoms with Crippen LogP contribution in [-0.2, 0) is 23.9 Å². The van der Waals surface area contributed by atoms with Gasteiger partial charge in [-0.25, -0.2) is 0 Å². The van der Waals surface area contributed by atoms with E-state index in [-0.39, 0.29) is 12.4 Å². The maximum Gasteiger partial charge on any atom is 0.310 e. The van der Waals surface area contributed by atoms with E-state index in [2.05, 4.69) is 0 Å². The first-order valence-electron chi connectivity index (χ1n) is 10.4. The molecule has 8 heteroatoms. The number of carboxylic acid groups (broad SMARTS) is 1. The summed E-state index contributed by atoms with van der Waals surface area (Å²) in [5.74, 6) is -3.69. The van der Waals surface area contributed by atoms with E-state index in [1.165, 1.54) is 19.5 Å². The van der Waals surface area contributed by atoms with Gasteiger partial charge in [0, 0.05) is 24.8 Å². The van der Waals surface area contributed by atoms with Crippen LogP contribution in [0, 0.1) is 28.6 Å². The van der Waals surface area contributed by atoms with Gasteiger partial charge in [0.05, 0.1) is 30.5 Å². The van der Waals surface area contributed by atoms with Crippen molar-refractivity contribution in [3.8, 4) is 0 Å². The summed E-state index contributed by atoms with van der Waals surface area (Å²) in [7, 11) is 0. The van der Waals surface area contributed by atoms with Crippen LogP contribution >= 0.6 is 0 Å². The van der Waals surface area contributed by atoms with E-state index in [9.17, 15) is 24.6 Å². The molecule has 4 rings (SSSR count). The Balaban J connectivity index is 1.78. The third-order valence-electron chi connectivity index (χ3n) is 7.87. The topological polar surface area (TPSA) is 123 Å². The van der Waals surface area contributed by atoms with Gasteiger partial charge in [-0.2, -0.15) is 0 Å². The largest absolute Gasteiger partial charge is 0.481 e. The van der Waals surface area contributed by atoms with Crippen LogP contribution in [0.3, 0.4) is 0 Å². The Hall–Kier alpha value is -2.35. The van der Waals surface area contributed by atoms with E-state index in [0.29, 0.717) is 19.3 Å². The molecule has 30 heavy (non-hydrogen) atoms.